The van der Waals surface area contributed by atoms with Crippen molar-refractivity contribution in [3.63, 3.8) is 0 Å². The van der Waals surface area contributed by atoms with Crippen LogP contribution in [-0.2, 0) is 0 Å². The molecule has 0 unspecified atom stereocenters. The molecule has 2 N–H and O–H groups in total. The average Bonchev–Trinajstić information content (AvgIpc) is 2.76. The van der Waals surface area contributed by atoms with Crippen molar-refractivity contribution in [1.29, 1.82) is 0 Å². The third kappa shape index (κ3) is 2.42. The van der Waals surface area contributed by atoms with E-state index >= 15 is 0 Å². The highest BCUT2D eigenvalue weighted by atomic mass is 16.5. The van der Waals surface area contributed by atoms with Crippen LogP contribution in [0.1, 0.15) is 25.6 Å². The molecule has 2 aromatic heterocycles. The van der Waals surface area contributed by atoms with Crippen molar-refractivity contribution < 1.29 is 4.74 Å². The van der Waals surface area contributed by atoms with Gasteiger partial charge >= 0.3 is 0 Å². The van der Waals surface area contributed by atoms with E-state index in [1.165, 1.54) is 0 Å². The SMILES string of the molecule is Cc1nn(C(C)C)c(Oc2ccc3cccnc3c2)c1N. The number of aryl methyl sites for hydroxylation is 1. The maximum Gasteiger partial charge on any atom is 0.241 e. The third-order valence-electron chi connectivity index (χ3n) is 3.37. The molecule has 0 aliphatic carbocycles. The monoisotopic (exact) mass is 282 g/mol. The van der Waals surface area contributed by atoms with E-state index in [2.05, 4.69) is 10.1 Å². The number of aromatic nitrogens is 3. The Labute approximate surface area is 123 Å². The number of pyridine rings is 1. The highest BCUT2D eigenvalue weighted by Gasteiger charge is 2.17. The van der Waals surface area contributed by atoms with E-state index < -0.39 is 0 Å². The molecule has 0 radical (unpaired) electrons. The van der Waals surface area contributed by atoms with Gasteiger partial charge in [-0.05, 0) is 39.0 Å². The van der Waals surface area contributed by atoms with Gasteiger partial charge in [0.2, 0.25) is 5.88 Å². The van der Waals surface area contributed by atoms with Crippen LogP contribution in [0.3, 0.4) is 0 Å². The van der Waals surface area contributed by atoms with E-state index in [0.717, 1.165) is 16.6 Å². The first-order valence-corrected chi connectivity index (χ1v) is 6.93. The van der Waals surface area contributed by atoms with Crippen LogP contribution in [0.5, 0.6) is 11.6 Å². The summed E-state index contributed by atoms with van der Waals surface area (Å²) < 4.78 is 7.76. The lowest BCUT2D eigenvalue weighted by Gasteiger charge is -2.12. The van der Waals surface area contributed by atoms with Gasteiger partial charge in [-0.2, -0.15) is 5.10 Å². The Bertz CT molecular complexity index is 792. The van der Waals surface area contributed by atoms with Crippen molar-refractivity contribution in [3.8, 4) is 11.6 Å². The summed E-state index contributed by atoms with van der Waals surface area (Å²) in [7, 11) is 0. The number of fused-ring (bicyclic) bond motifs is 1. The maximum absolute atomic E-state index is 6.08. The molecule has 5 nitrogen and oxygen atoms in total. The largest absolute Gasteiger partial charge is 0.437 e. The maximum atomic E-state index is 6.08. The van der Waals surface area contributed by atoms with Gasteiger partial charge in [-0.15, -0.1) is 0 Å². The lowest BCUT2D eigenvalue weighted by molar-refractivity contribution is 0.390. The van der Waals surface area contributed by atoms with Gasteiger partial charge in [0, 0.05) is 17.6 Å². The van der Waals surface area contributed by atoms with Gasteiger partial charge in [-0.3, -0.25) is 4.98 Å². The molecule has 0 atom stereocenters. The first-order chi connectivity index (χ1) is 10.1. The van der Waals surface area contributed by atoms with Crippen molar-refractivity contribution in [3.05, 3.63) is 42.2 Å². The Kier molecular flexibility index (Phi) is 3.25. The topological polar surface area (TPSA) is 66.0 Å². The summed E-state index contributed by atoms with van der Waals surface area (Å²) in [6, 6.07) is 9.91. The van der Waals surface area contributed by atoms with Gasteiger partial charge in [0.05, 0.1) is 17.3 Å². The number of ether oxygens (including phenoxy) is 1. The van der Waals surface area contributed by atoms with Crippen LogP contribution in [0.15, 0.2) is 36.5 Å². The summed E-state index contributed by atoms with van der Waals surface area (Å²) in [6.07, 6.45) is 1.77. The second-order valence-electron chi connectivity index (χ2n) is 5.30. The number of hydrogen-bond donors (Lipinski definition) is 1. The van der Waals surface area contributed by atoms with Crippen LogP contribution < -0.4 is 10.5 Å². The molecule has 0 aliphatic rings. The Morgan fingerprint density at radius 2 is 2.05 bits per heavy atom. The molecule has 21 heavy (non-hydrogen) atoms. The quantitative estimate of drug-likeness (QED) is 0.795. The Morgan fingerprint density at radius 3 is 2.81 bits per heavy atom. The average molecular weight is 282 g/mol. The number of benzene rings is 1. The number of hydrogen-bond acceptors (Lipinski definition) is 4. The van der Waals surface area contributed by atoms with Crippen molar-refractivity contribution in [1.82, 2.24) is 14.8 Å². The lowest BCUT2D eigenvalue weighted by Crippen LogP contribution is -2.05. The molecule has 5 heteroatoms. The Balaban J connectivity index is 2.02. The number of nitrogens with zero attached hydrogens (tertiary/aromatic N) is 3. The summed E-state index contributed by atoms with van der Waals surface area (Å²) >= 11 is 0. The minimum Gasteiger partial charge on any atom is -0.437 e. The first-order valence-electron chi connectivity index (χ1n) is 6.93. The normalized spacial score (nSPS) is 11.2. The van der Waals surface area contributed by atoms with E-state index in [-0.39, 0.29) is 6.04 Å². The Morgan fingerprint density at radius 1 is 1.24 bits per heavy atom. The second kappa shape index (κ2) is 5.09. The second-order valence-corrected chi connectivity index (χ2v) is 5.30. The fourth-order valence-electron chi connectivity index (χ4n) is 2.21. The highest BCUT2D eigenvalue weighted by molar-refractivity contribution is 5.79. The zero-order valence-electron chi connectivity index (χ0n) is 12.4. The van der Waals surface area contributed by atoms with Gasteiger partial charge in [0.25, 0.3) is 0 Å². The predicted molar refractivity (Wildman–Crippen MR) is 83.6 cm³/mol. The van der Waals surface area contributed by atoms with Gasteiger partial charge in [-0.25, -0.2) is 4.68 Å². The van der Waals surface area contributed by atoms with Crippen molar-refractivity contribution in [2.75, 3.05) is 5.73 Å². The number of nitrogens with two attached hydrogens (primary N) is 1. The summed E-state index contributed by atoms with van der Waals surface area (Å²) in [4.78, 5) is 4.33. The van der Waals surface area contributed by atoms with Crippen LogP contribution in [0.4, 0.5) is 5.69 Å². The van der Waals surface area contributed by atoms with Gasteiger partial charge < -0.3 is 10.5 Å². The Hall–Kier alpha value is -2.56. The number of anilines is 1. The molecule has 0 saturated carbocycles. The fourth-order valence-corrected chi connectivity index (χ4v) is 2.21. The van der Waals surface area contributed by atoms with E-state index in [1.54, 1.807) is 10.9 Å². The summed E-state index contributed by atoms with van der Waals surface area (Å²) in [5.74, 6) is 1.28. The molecule has 0 spiro atoms. The van der Waals surface area contributed by atoms with Crippen LogP contribution in [0.2, 0.25) is 0 Å². The van der Waals surface area contributed by atoms with Crippen LogP contribution in [0.25, 0.3) is 10.9 Å². The van der Waals surface area contributed by atoms with Crippen molar-refractivity contribution in [2.45, 2.75) is 26.8 Å². The summed E-state index contributed by atoms with van der Waals surface area (Å²) in [5.41, 5.74) is 8.32. The van der Waals surface area contributed by atoms with E-state index in [1.807, 2.05) is 51.1 Å². The molecule has 3 aromatic rings. The molecular weight excluding hydrogens is 264 g/mol. The number of rotatable bonds is 3. The summed E-state index contributed by atoms with van der Waals surface area (Å²) in [6.45, 7) is 5.96. The minimum absolute atomic E-state index is 0.176. The van der Waals surface area contributed by atoms with Gasteiger partial charge in [0.15, 0.2) is 0 Å². The van der Waals surface area contributed by atoms with E-state index in [4.69, 9.17) is 10.5 Å². The molecule has 0 saturated heterocycles. The van der Waals surface area contributed by atoms with Crippen LogP contribution >= 0.6 is 0 Å². The minimum atomic E-state index is 0.176. The zero-order valence-corrected chi connectivity index (χ0v) is 12.4. The molecular formula is C16H18N4O. The van der Waals surface area contributed by atoms with E-state index in [0.29, 0.717) is 17.3 Å². The van der Waals surface area contributed by atoms with Crippen molar-refractivity contribution >= 4 is 16.6 Å². The zero-order chi connectivity index (χ0) is 15.0. The lowest BCUT2D eigenvalue weighted by atomic mass is 10.2. The molecule has 0 aliphatic heterocycles. The van der Waals surface area contributed by atoms with E-state index in [9.17, 15) is 0 Å². The van der Waals surface area contributed by atoms with Crippen LogP contribution in [0, 0.1) is 6.92 Å². The first kappa shape index (κ1) is 13.4. The smallest absolute Gasteiger partial charge is 0.241 e. The molecule has 0 fully saturated rings. The predicted octanol–water partition coefficient (Wildman–Crippen LogP) is 3.70. The molecule has 108 valence electrons. The molecule has 3 rings (SSSR count). The van der Waals surface area contributed by atoms with Gasteiger partial charge in [0.1, 0.15) is 11.4 Å². The fraction of sp³-hybridized carbons (Fsp3) is 0.250. The standard InChI is InChI=1S/C16H18N4O/c1-10(2)20-16(15(17)11(3)19-20)21-13-7-6-12-5-4-8-18-14(12)9-13/h4-10H,17H2,1-3H3. The molecule has 0 bridgehead atoms. The van der Waals surface area contributed by atoms with Crippen molar-refractivity contribution in [2.24, 2.45) is 0 Å². The highest BCUT2D eigenvalue weighted by Crippen LogP contribution is 2.33. The van der Waals surface area contributed by atoms with Crippen LogP contribution in [-0.4, -0.2) is 14.8 Å². The summed E-state index contributed by atoms with van der Waals surface area (Å²) in [5, 5.41) is 5.49. The number of nitrogen functional groups attached to an aromatic ring is 1. The molecule has 2 heterocycles. The third-order valence-corrected chi connectivity index (χ3v) is 3.37. The molecule has 0 amide bonds. The molecule has 1 aromatic carbocycles. The van der Waals surface area contributed by atoms with Gasteiger partial charge in [-0.1, -0.05) is 6.07 Å².